The second-order valence-corrected chi connectivity index (χ2v) is 6.83. The van der Waals surface area contributed by atoms with Crippen LogP contribution in [0.25, 0.3) is 0 Å². The second-order valence-electron chi connectivity index (χ2n) is 6.83. The molecule has 0 aliphatic rings. The maximum atomic E-state index is 9.60. The van der Waals surface area contributed by atoms with Crippen molar-refractivity contribution >= 4 is 0 Å². The monoisotopic (exact) mass is 220 g/mol. The zero-order valence-electron chi connectivity index (χ0n) is 11.4. The molecule has 0 atom stereocenters. The Kier molecular flexibility index (Phi) is 3.37. The SMILES string of the molecule is CC(C)(C)Cc1ccc(O)cc1C(C)(C)C. The molecule has 0 unspecified atom stereocenters. The zero-order chi connectivity index (χ0) is 12.6. The van der Waals surface area contributed by atoms with E-state index in [4.69, 9.17) is 0 Å². The third kappa shape index (κ3) is 3.55. The highest BCUT2D eigenvalue weighted by molar-refractivity contribution is 5.39. The zero-order valence-corrected chi connectivity index (χ0v) is 11.4. The predicted octanol–water partition coefficient (Wildman–Crippen LogP) is 4.28. The van der Waals surface area contributed by atoms with E-state index in [2.05, 4.69) is 47.6 Å². The van der Waals surface area contributed by atoms with Gasteiger partial charge in [-0.15, -0.1) is 0 Å². The molecule has 0 saturated heterocycles. The minimum Gasteiger partial charge on any atom is -0.508 e. The highest BCUT2D eigenvalue weighted by Gasteiger charge is 2.21. The Balaban J connectivity index is 3.19. The molecule has 0 saturated carbocycles. The number of rotatable bonds is 1. The fourth-order valence-electron chi connectivity index (χ4n) is 1.99. The quantitative estimate of drug-likeness (QED) is 0.749. The Morgan fingerprint density at radius 3 is 2.00 bits per heavy atom. The molecule has 0 aromatic heterocycles. The van der Waals surface area contributed by atoms with Gasteiger partial charge in [-0.3, -0.25) is 0 Å². The fourth-order valence-corrected chi connectivity index (χ4v) is 1.99. The normalized spacial score (nSPS) is 12.9. The maximum Gasteiger partial charge on any atom is 0.115 e. The second kappa shape index (κ2) is 4.12. The van der Waals surface area contributed by atoms with E-state index in [1.807, 2.05) is 6.07 Å². The van der Waals surface area contributed by atoms with Crippen LogP contribution in [0, 0.1) is 5.41 Å². The standard InChI is InChI=1S/C15H24O/c1-14(2,3)10-11-7-8-12(16)9-13(11)15(4,5)6/h7-9,16H,10H2,1-6H3. The van der Waals surface area contributed by atoms with Crippen molar-refractivity contribution in [2.24, 2.45) is 5.41 Å². The van der Waals surface area contributed by atoms with Gasteiger partial charge in [0.25, 0.3) is 0 Å². The average Bonchev–Trinajstić information content (AvgIpc) is 2.04. The molecular formula is C15H24O. The molecule has 0 aliphatic heterocycles. The summed E-state index contributed by atoms with van der Waals surface area (Å²) < 4.78 is 0. The lowest BCUT2D eigenvalue weighted by Gasteiger charge is -2.27. The number of phenols is 1. The van der Waals surface area contributed by atoms with E-state index in [-0.39, 0.29) is 10.8 Å². The number of aromatic hydroxyl groups is 1. The predicted molar refractivity (Wildman–Crippen MR) is 70.0 cm³/mol. The van der Waals surface area contributed by atoms with E-state index in [9.17, 15) is 5.11 Å². The van der Waals surface area contributed by atoms with Gasteiger partial charge >= 0.3 is 0 Å². The van der Waals surface area contributed by atoms with Gasteiger partial charge < -0.3 is 5.11 Å². The van der Waals surface area contributed by atoms with Crippen molar-refractivity contribution in [1.29, 1.82) is 0 Å². The Hall–Kier alpha value is -0.980. The summed E-state index contributed by atoms with van der Waals surface area (Å²) in [6, 6.07) is 5.75. The summed E-state index contributed by atoms with van der Waals surface area (Å²) in [6.07, 6.45) is 1.04. The summed E-state index contributed by atoms with van der Waals surface area (Å²) in [4.78, 5) is 0. The lowest BCUT2D eigenvalue weighted by molar-refractivity contribution is 0.404. The fraction of sp³-hybridized carbons (Fsp3) is 0.600. The molecule has 90 valence electrons. The van der Waals surface area contributed by atoms with Crippen LogP contribution in [0.15, 0.2) is 18.2 Å². The Bertz CT molecular complexity index is 364. The van der Waals surface area contributed by atoms with Gasteiger partial charge in [0.15, 0.2) is 0 Å². The van der Waals surface area contributed by atoms with Crippen LogP contribution in [0.5, 0.6) is 5.75 Å². The summed E-state index contributed by atoms with van der Waals surface area (Å²) in [6.45, 7) is 13.3. The molecule has 1 rings (SSSR count). The first-order valence-electron chi connectivity index (χ1n) is 5.92. The van der Waals surface area contributed by atoms with Crippen molar-refractivity contribution in [2.45, 2.75) is 53.4 Å². The first-order valence-corrected chi connectivity index (χ1v) is 5.92. The molecule has 16 heavy (non-hydrogen) atoms. The van der Waals surface area contributed by atoms with E-state index in [1.165, 1.54) is 11.1 Å². The number of hydrogen-bond acceptors (Lipinski definition) is 1. The number of benzene rings is 1. The molecule has 0 radical (unpaired) electrons. The molecule has 1 heteroatoms. The first-order chi connectivity index (χ1) is 7.09. The molecule has 0 heterocycles. The summed E-state index contributed by atoms with van der Waals surface area (Å²) in [7, 11) is 0. The van der Waals surface area contributed by atoms with Crippen molar-refractivity contribution in [3.63, 3.8) is 0 Å². The van der Waals surface area contributed by atoms with Gasteiger partial charge in [0, 0.05) is 0 Å². The number of phenolic OH excluding ortho intramolecular Hbond substituents is 1. The molecule has 1 aromatic carbocycles. The Morgan fingerprint density at radius 1 is 1.00 bits per heavy atom. The Labute approximate surface area is 99.5 Å². The molecule has 0 spiro atoms. The van der Waals surface area contributed by atoms with Crippen LogP contribution in [0.1, 0.15) is 52.7 Å². The van der Waals surface area contributed by atoms with Gasteiger partial charge in [-0.05, 0) is 40.5 Å². The van der Waals surface area contributed by atoms with Crippen LogP contribution in [-0.2, 0) is 11.8 Å². The van der Waals surface area contributed by atoms with Crippen LogP contribution >= 0.6 is 0 Å². The minimum absolute atomic E-state index is 0.0827. The van der Waals surface area contributed by atoms with Gasteiger partial charge in [-0.25, -0.2) is 0 Å². The van der Waals surface area contributed by atoms with Gasteiger partial charge in [0.05, 0.1) is 0 Å². The maximum absolute atomic E-state index is 9.60. The van der Waals surface area contributed by atoms with Crippen molar-refractivity contribution in [3.05, 3.63) is 29.3 Å². The lowest BCUT2D eigenvalue weighted by Crippen LogP contribution is -2.18. The molecule has 0 aliphatic carbocycles. The summed E-state index contributed by atoms with van der Waals surface area (Å²) >= 11 is 0. The molecule has 0 fully saturated rings. The highest BCUT2D eigenvalue weighted by atomic mass is 16.3. The van der Waals surface area contributed by atoms with Crippen LogP contribution in [0.4, 0.5) is 0 Å². The van der Waals surface area contributed by atoms with E-state index < -0.39 is 0 Å². The summed E-state index contributed by atoms with van der Waals surface area (Å²) in [5, 5.41) is 9.60. The number of hydrogen-bond donors (Lipinski definition) is 1. The van der Waals surface area contributed by atoms with E-state index in [1.54, 1.807) is 6.07 Å². The van der Waals surface area contributed by atoms with E-state index >= 15 is 0 Å². The van der Waals surface area contributed by atoms with Crippen LogP contribution < -0.4 is 0 Å². The minimum atomic E-state index is 0.0827. The van der Waals surface area contributed by atoms with Gasteiger partial charge in [-0.2, -0.15) is 0 Å². The summed E-state index contributed by atoms with van der Waals surface area (Å²) in [5.41, 5.74) is 2.95. The van der Waals surface area contributed by atoms with Crippen LogP contribution in [0.3, 0.4) is 0 Å². The third-order valence-electron chi connectivity index (χ3n) is 2.62. The van der Waals surface area contributed by atoms with Gasteiger partial charge in [0.2, 0.25) is 0 Å². The molecule has 0 bridgehead atoms. The first kappa shape index (κ1) is 13.1. The van der Waals surface area contributed by atoms with Gasteiger partial charge in [-0.1, -0.05) is 47.6 Å². The lowest BCUT2D eigenvalue weighted by atomic mass is 9.78. The highest BCUT2D eigenvalue weighted by Crippen LogP contribution is 2.32. The van der Waals surface area contributed by atoms with Crippen molar-refractivity contribution in [3.8, 4) is 5.75 Å². The molecule has 1 N–H and O–H groups in total. The largest absolute Gasteiger partial charge is 0.508 e. The van der Waals surface area contributed by atoms with Crippen LogP contribution in [-0.4, -0.2) is 5.11 Å². The van der Waals surface area contributed by atoms with Crippen LogP contribution in [0.2, 0.25) is 0 Å². The average molecular weight is 220 g/mol. The molecule has 0 amide bonds. The third-order valence-corrected chi connectivity index (χ3v) is 2.62. The summed E-state index contributed by atoms with van der Waals surface area (Å²) in [5.74, 6) is 0.364. The molecular weight excluding hydrogens is 196 g/mol. The molecule has 1 nitrogen and oxygen atoms in total. The van der Waals surface area contributed by atoms with Crippen molar-refractivity contribution in [1.82, 2.24) is 0 Å². The van der Waals surface area contributed by atoms with Crippen molar-refractivity contribution < 1.29 is 5.11 Å². The van der Waals surface area contributed by atoms with E-state index in [0.29, 0.717) is 5.75 Å². The Morgan fingerprint density at radius 2 is 1.56 bits per heavy atom. The topological polar surface area (TPSA) is 20.2 Å². The van der Waals surface area contributed by atoms with E-state index in [0.717, 1.165) is 6.42 Å². The smallest absolute Gasteiger partial charge is 0.115 e. The van der Waals surface area contributed by atoms with Crippen molar-refractivity contribution in [2.75, 3.05) is 0 Å². The molecule has 1 aromatic rings. The van der Waals surface area contributed by atoms with Gasteiger partial charge in [0.1, 0.15) is 5.75 Å².